The molecule has 0 radical (unpaired) electrons. The minimum atomic E-state index is -0.330. The van der Waals surface area contributed by atoms with Crippen molar-refractivity contribution in [1.82, 2.24) is 5.32 Å². The van der Waals surface area contributed by atoms with Gasteiger partial charge in [0, 0.05) is 17.1 Å². The lowest BCUT2D eigenvalue weighted by Crippen LogP contribution is -2.18. The first-order valence-corrected chi connectivity index (χ1v) is 7.20. The van der Waals surface area contributed by atoms with Crippen LogP contribution in [0.25, 0.3) is 0 Å². The van der Waals surface area contributed by atoms with Gasteiger partial charge in [-0.2, -0.15) is 0 Å². The molecular formula is C16H17BrFNO. The van der Waals surface area contributed by atoms with Crippen molar-refractivity contribution in [2.45, 2.75) is 19.5 Å². The zero-order valence-corrected chi connectivity index (χ0v) is 13.1. The molecule has 0 spiro atoms. The van der Waals surface area contributed by atoms with Crippen molar-refractivity contribution in [1.29, 1.82) is 0 Å². The lowest BCUT2D eigenvalue weighted by molar-refractivity contribution is 0.386. The van der Waals surface area contributed by atoms with Gasteiger partial charge in [-0.1, -0.05) is 34.1 Å². The first-order chi connectivity index (χ1) is 9.60. The van der Waals surface area contributed by atoms with E-state index in [4.69, 9.17) is 4.74 Å². The number of hydrogen-bond acceptors (Lipinski definition) is 2. The third-order valence-electron chi connectivity index (χ3n) is 3.20. The van der Waals surface area contributed by atoms with E-state index in [-0.39, 0.29) is 17.6 Å². The first-order valence-electron chi connectivity index (χ1n) is 6.41. The Morgan fingerprint density at radius 2 is 1.90 bits per heavy atom. The molecule has 1 unspecified atom stereocenters. The topological polar surface area (TPSA) is 21.3 Å². The van der Waals surface area contributed by atoms with Crippen molar-refractivity contribution in [2.75, 3.05) is 7.11 Å². The van der Waals surface area contributed by atoms with Crippen LogP contribution >= 0.6 is 15.9 Å². The Hall–Kier alpha value is -1.39. The highest BCUT2D eigenvalue weighted by Crippen LogP contribution is 2.19. The Balaban J connectivity index is 1.97. The molecule has 0 aliphatic rings. The zero-order valence-electron chi connectivity index (χ0n) is 11.5. The Morgan fingerprint density at radius 1 is 1.20 bits per heavy atom. The quantitative estimate of drug-likeness (QED) is 0.870. The van der Waals surface area contributed by atoms with E-state index in [0.717, 1.165) is 10.0 Å². The van der Waals surface area contributed by atoms with E-state index in [1.165, 1.54) is 18.7 Å². The standard InChI is InChI=1S/C16H17BrFNO/c1-11(13-4-6-14(17)7-5-13)19-10-12-3-8-16(20-2)15(18)9-12/h3-9,11,19H,10H2,1-2H3. The van der Waals surface area contributed by atoms with Crippen LogP contribution in [0.3, 0.4) is 0 Å². The zero-order chi connectivity index (χ0) is 14.5. The fraction of sp³-hybridized carbons (Fsp3) is 0.250. The molecule has 4 heteroatoms. The van der Waals surface area contributed by atoms with Crippen LogP contribution in [0.2, 0.25) is 0 Å². The van der Waals surface area contributed by atoms with Crippen LogP contribution in [0.5, 0.6) is 5.75 Å². The molecule has 2 aromatic rings. The van der Waals surface area contributed by atoms with Gasteiger partial charge in [-0.05, 0) is 42.3 Å². The van der Waals surface area contributed by atoms with Crippen LogP contribution in [0.15, 0.2) is 46.9 Å². The number of ether oxygens (including phenoxy) is 1. The molecule has 2 aromatic carbocycles. The van der Waals surface area contributed by atoms with Gasteiger partial charge in [0.05, 0.1) is 7.11 Å². The molecule has 0 heterocycles. The Labute approximate surface area is 127 Å². The monoisotopic (exact) mass is 337 g/mol. The van der Waals surface area contributed by atoms with Crippen molar-refractivity contribution in [3.8, 4) is 5.75 Å². The van der Waals surface area contributed by atoms with Gasteiger partial charge in [0.2, 0.25) is 0 Å². The normalized spacial score (nSPS) is 12.2. The number of halogens is 2. The third-order valence-corrected chi connectivity index (χ3v) is 3.73. The van der Waals surface area contributed by atoms with Gasteiger partial charge < -0.3 is 10.1 Å². The lowest BCUT2D eigenvalue weighted by Gasteiger charge is -2.15. The second-order valence-electron chi connectivity index (χ2n) is 4.62. The Bertz CT molecular complexity index is 571. The van der Waals surface area contributed by atoms with Crippen molar-refractivity contribution in [3.63, 3.8) is 0 Å². The van der Waals surface area contributed by atoms with E-state index in [1.807, 2.05) is 18.2 Å². The fourth-order valence-corrected chi connectivity index (χ4v) is 2.22. The minimum absolute atomic E-state index is 0.202. The van der Waals surface area contributed by atoms with Gasteiger partial charge in [-0.15, -0.1) is 0 Å². The number of rotatable bonds is 5. The average Bonchev–Trinajstić information content (AvgIpc) is 2.45. The summed E-state index contributed by atoms with van der Waals surface area (Å²) in [6.07, 6.45) is 0. The molecule has 2 nitrogen and oxygen atoms in total. The third kappa shape index (κ3) is 3.81. The van der Waals surface area contributed by atoms with Crippen molar-refractivity contribution in [2.24, 2.45) is 0 Å². The number of hydrogen-bond donors (Lipinski definition) is 1. The smallest absolute Gasteiger partial charge is 0.165 e. The van der Waals surface area contributed by atoms with Crippen molar-refractivity contribution >= 4 is 15.9 Å². The van der Waals surface area contributed by atoms with E-state index in [9.17, 15) is 4.39 Å². The van der Waals surface area contributed by atoms with E-state index in [0.29, 0.717) is 6.54 Å². The van der Waals surface area contributed by atoms with Gasteiger partial charge in [0.25, 0.3) is 0 Å². The van der Waals surface area contributed by atoms with E-state index >= 15 is 0 Å². The van der Waals surface area contributed by atoms with E-state index in [1.54, 1.807) is 6.07 Å². The summed E-state index contributed by atoms with van der Waals surface area (Å²) < 4.78 is 19.6. The van der Waals surface area contributed by atoms with Crippen LogP contribution in [-0.2, 0) is 6.54 Å². The highest BCUT2D eigenvalue weighted by atomic mass is 79.9. The van der Waals surface area contributed by atoms with Gasteiger partial charge in [0.1, 0.15) is 0 Å². The Kier molecular flexibility index (Phi) is 5.15. The summed E-state index contributed by atoms with van der Waals surface area (Å²) in [6.45, 7) is 2.70. The molecule has 0 aliphatic carbocycles. The van der Waals surface area contributed by atoms with Crippen LogP contribution in [0, 0.1) is 5.82 Å². The van der Waals surface area contributed by atoms with Gasteiger partial charge in [-0.25, -0.2) is 4.39 Å². The molecule has 0 bridgehead atoms. The molecule has 0 aliphatic heterocycles. The minimum Gasteiger partial charge on any atom is -0.494 e. The van der Waals surface area contributed by atoms with Crippen molar-refractivity contribution in [3.05, 3.63) is 63.9 Å². The number of benzene rings is 2. The molecule has 0 saturated heterocycles. The van der Waals surface area contributed by atoms with Crippen LogP contribution in [0.4, 0.5) is 4.39 Å². The second-order valence-corrected chi connectivity index (χ2v) is 5.54. The summed E-state index contributed by atoms with van der Waals surface area (Å²) in [6, 6.07) is 13.4. The van der Waals surface area contributed by atoms with Crippen LogP contribution in [0.1, 0.15) is 24.1 Å². The average molecular weight is 338 g/mol. The predicted octanol–water partition coefficient (Wildman–Crippen LogP) is 4.45. The molecule has 2 rings (SSSR count). The van der Waals surface area contributed by atoms with Crippen LogP contribution in [-0.4, -0.2) is 7.11 Å². The maximum Gasteiger partial charge on any atom is 0.165 e. The lowest BCUT2D eigenvalue weighted by atomic mass is 10.1. The second kappa shape index (κ2) is 6.86. The molecule has 0 aromatic heterocycles. The molecule has 0 saturated carbocycles. The van der Waals surface area contributed by atoms with Gasteiger partial charge >= 0.3 is 0 Å². The summed E-state index contributed by atoms with van der Waals surface area (Å²) in [7, 11) is 1.46. The number of nitrogens with one attached hydrogen (secondary N) is 1. The first kappa shape index (κ1) is 15.0. The van der Waals surface area contributed by atoms with Crippen LogP contribution < -0.4 is 10.1 Å². The molecular weight excluding hydrogens is 321 g/mol. The molecule has 0 fully saturated rings. The van der Waals surface area contributed by atoms with E-state index in [2.05, 4.69) is 40.3 Å². The maximum absolute atomic E-state index is 13.6. The molecule has 1 atom stereocenters. The summed E-state index contributed by atoms with van der Waals surface area (Å²) in [5.74, 6) is -0.0576. The molecule has 20 heavy (non-hydrogen) atoms. The van der Waals surface area contributed by atoms with E-state index < -0.39 is 0 Å². The van der Waals surface area contributed by atoms with Gasteiger partial charge in [0.15, 0.2) is 11.6 Å². The maximum atomic E-state index is 13.6. The fourth-order valence-electron chi connectivity index (χ4n) is 1.96. The summed E-state index contributed by atoms with van der Waals surface area (Å²) in [5, 5.41) is 3.38. The van der Waals surface area contributed by atoms with Gasteiger partial charge in [-0.3, -0.25) is 0 Å². The summed E-state index contributed by atoms with van der Waals surface area (Å²) >= 11 is 3.42. The molecule has 1 N–H and O–H groups in total. The number of methoxy groups -OCH3 is 1. The molecule has 0 amide bonds. The SMILES string of the molecule is COc1ccc(CNC(C)c2ccc(Br)cc2)cc1F. The highest BCUT2D eigenvalue weighted by Gasteiger charge is 2.07. The summed E-state index contributed by atoms with van der Waals surface area (Å²) in [5.41, 5.74) is 2.09. The largest absolute Gasteiger partial charge is 0.494 e. The summed E-state index contributed by atoms with van der Waals surface area (Å²) in [4.78, 5) is 0. The van der Waals surface area contributed by atoms with Crippen molar-refractivity contribution < 1.29 is 9.13 Å². The predicted molar refractivity (Wildman–Crippen MR) is 82.3 cm³/mol. The molecule has 106 valence electrons. The highest BCUT2D eigenvalue weighted by molar-refractivity contribution is 9.10. The Morgan fingerprint density at radius 3 is 2.50 bits per heavy atom.